The molecule has 30 heavy (non-hydrogen) atoms. The van der Waals surface area contributed by atoms with E-state index in [-0.39, 0.29) is 24.8 Å². The van der Waals surface area contributed by atoms with Crippen LogP contribution in [0.2, 0.25) is 0 Å². The van der Waals surface area contributed by atoms with Crippen molar-refractivity contribution in [2.45, 2.75) is 26.3 Å². The van der Waals surface area contributed by atoms with E-state index >= 15 is 0 Å². The average Bonchev–Trinajstić information content (AvgIpc) is 2.78. The SMILES string of the molecule is CCN(CC(=O)Nc1cccc(OC)c1)C(C)C(=O)N(CCC#N)c1ccccc1. The number of amides is 2. The highest BCUT2D eigenvalue weighted by molar-refractivity contribution is 5.98. The van der Waals surface area contributed by atoms with Gasteiger partial charge in [0.1, 0.15) is 5.75 Å². The lowest BCUT2D eigenvalue weighted by atomic mass is 10.2. The molecule has 0 aliphatic carbocycles. The summed E-state index contributed by atoms with van der Waals surface area (Å²) in [5.41, 5.74) is 1.37. The fourth-order valence-electron chi connectivity index (χ4n) is 3.13. The van der Waals surface area contributed by atoms with E-state index in [0.717, 1.165) is 5.69 Å². The maximum Gasteiger partial charge on any atom is 0.244 e. The standard InChI is InChI=1S/C23H28N4O3/c1-4-26(17-22(28)25-19-10-8-13-21(16-19)30-3)18(2)23(29)27(15-9-14-24)20-11-6-5-7-12-20/h5-8,10-13,16,18H,4,9,15,17H2,1-3H3,(H,25,28). The molecule has 0 radical (unpaired) electrons. The monoisotopic (exact) mass is 408 g/mol. The predicted molar refractivity (Wildman–Crippen MR) is 117 cm³/mol. The van der Waals surface area contributed by atoms with Crippen LogP contribution in [0.5, 0.6) is 5.75 Å². The van der Waals surface area contributed by atoms with Gasteiger partial charge in [-0.1, -0.05) is 31.2 Å². The lowest BCUT2D eigenvalue weighted by Gasteiger charge is -2.31. The van der Waals surface area contributed by atoms with Crippen molar-refractivity contribution in [3.63, 3.8) is 0 Å². The number of carbonyl (C=O) groups is 2. The van der Waals surface area contributed by atoms with Crippen LogP contribution < -0.4 is 15.0 Å². The number of hydrogen-bond acceptors (Lipinski definition) is 5. The summed E-state index contributed by atoms with van der Waals surface area (Å²) < 4.78 is 5.17. The lowest BCUT2D eigenvalue weighted by molar-refractivity contribution is -0.125. The van der Waals surface area contributed by atoms with Crippen LogP contribution in [0.1, 0.15) is 20.3 Å². The van der Waals surface area contributed by atoms with Crippen LogP contribution in [0.4, 0.5) is 11.4 Å². The Morgan fingerprint density at radius 3 is 2.53 bits per heavy atom. The summed E-state index contributed by atoms with van der Waals surface area (Å²) in [4.78, 5) is 29.2. The molecule has 7 nitrogen and oxygen atoms in total. The number of rotatable bonds is 10. The summed E-state index contributed by atoms with van der Waals surface area (Å²) in [5.74, 6) is 0.292. The minimum Gasteiger partial charge on any atom is -0.497 e. The third-order valence-corrected chi connectivity index (χ3v) is 4.79. The van der Waals surface area contributed by atoms with E-state index in [0.29, 0.717) is 24.5 Å². The molecule has 1 unspecified atom stereocenters. The molecule has 0 aliphatic heterocycles. The Hall–Kier alpha value is -3.37. The Morgan fingerprint density at radius 2 is 1.90 bits per heavy atom. The third kappa shape index (κ3) is 6.33. The quantitative estimate of drug-likeness (QED) is 0.652. The number of likely N-dealkylation sites (N-methyl/N-ethyl adjacent to an activating group) is 1. The van der Waals surface area contributed by atoms with Crippen molar-refractivity contribution in [2.24, 2.45) is 0 Å². The van der Waals surface area contributed by atoms with Crippen molar-refractivity contribution in [1.82, 2.24) is 4.90 Å². The molecule has 2 rings (SSSR count). The second-order valence-electron chi connectivity index (χ2n) is 6.75. The van der Waals surface area contributed by atoms with Crippen molar-refractivity contribution < 1.29 is 14.3 Å². The van der Waals surface area contributed by atoms with E-state index in [1.807, 2.05) is 37.3 Å². The van der Waals surface area contributed by atoms with Crippen LogP contribution in [0.25, 0.3) is 0 Å². The van der Waals surface area contributed by atoms with Crippen LogP contribution in [-0.4, -0.2) is 49.5 Å². The molecule has 0 aromatic heterocycles. The fourth-order valence-corrected chi connectivity index (χ4v) is 3.13. The first kappa shape index (κ1) is 22.9. The molecular formula is C23H28N4O3. The van der Waals surface area contributed by atoms with Gasteiger partial charge in [0.15, 0.2) is 0 Å². The number of nitriles is 1. The minimum atomic E-state index is -0.523. The first-order chi connectivity index (χ1) is 14.5. The third-order valence-electron chi connectivity index (χ3n) is 4.79. The Balaban J connectivity index is 2.08. The first-order valence-electron chi connectivity index (χ1n) is 9.91. The predicted octanol–water partition coefficient (Wildman–Crippen LogP) is 3.29. The number of carbonyl (C=O) groups excluding carboxylic acids is 2. The van der Waals surface area contributed by atoms with E-state index in [9.17, 15) is 9.59 Å². The molecular weight excluding hydrogens is 380 g/mol. The van der Waals surface area contributed by atoms with E-state index in [4.69, 9.17) is 10.00 Å². The Kier molecular flexibility index (Phi) is 8.85. The van der Waals surface area contributed by atoms with Crippen LogP contribution in [0, 0.1) is 11.3 Å². The molecule has 0 aliphatic rings. The van der Waals surface area contributed by atoms with E-state index in [1.165, 1.54) is 0 Å². The zero-order valence-electron chi connectivity index (χ0n) is 17.7. The molecule has 0 spiro atoms. The molecule has 1 N–H and O–H groups in total. The van der Waals surface area contributed by atoms with Gasteiger partial charge >= 0.3 is 0 Å². The Morgan fingerprint density at radius 1 is 1.17 bits per heavy atom. The van der Waals surface area contributed by atoms with E-state index in [2.05, 4.69) is 11.4 Å². The highest BCUT2D eigenvalue weighted by Crippen LogP contribution is 2.18. The number of nitrogens with one attached hydrogen (secondary N) is 1. The summed E-state index contributed by atoms with van der Waals surface area (Å²) in [5, 5.41) is 11.8. The fraction of sp³-hybridized carbons (Fsp3) is 0.348. The number of anilines is 2. The van der Waals surface area contributed by atoms with Crippen molar-refractivity contribution in [1.29, 1.82) is 5.26 Å². The van der Waals surface area contributed by atoms with Crippen molar-refractivity contribution in [3.05, 3.63) is 54.6 Å². The van der Waals surface area contributed by atoms with Crippen LogP contribution in [0.15, 0.2) is 54.6 Å². The molecule has 0 saturated heterocycles. The largest absolute Gasteiger partial charge is 0.497 e. The summed E-state index contributed by atoms with van der Waals surface area (Å²) in [7, 11) is 1.57. The summed E-state index contributed by atoms with van der Waals surface area (Å²) >= 11 is 0. The van der Waals surface area contributed by atoms with Gasteiger partial charge in [-0.05, 0) is 37.7 Å². The number of hydrogen-bond donors (Lipinski definition) is 1. The van der Waals surface area contributed by atoms with Gasteiger partial charge in [0.05, 0.1) is 32.2 Å². The number of benzene rings is 2. The number of para-hydroxylation sites is 1. The normalized spacial score (nSPS) is 11.4. The molecule has 2 aromatic rings. The second-order valence-corrected chi connectivity index (χ2v) is 6.75. The summed E-state index contributed by atoms with van der Waals surface area (Å²) in [6, 6.07) is 17.9. The smallest absolute Gasteiger partial charge is 0.244 e. The first-order valence-corrected chi connectivity index (χ1v) is 9.91. The van der Waals surface area contributed by atoms with Gasteiger partial charge in [0, 0.05) is 24.0 Å². The summed E-state index contributed by atoms with van der Waals surface area (Å²) in [6.07, 6.45) is 0.232. The van der Waals surface area contributed by atoms with Gasteiger partial charge in [-0.3, -0.25) is 14.5 Å². The van der Waals surface area contributed by atoms with Gasteiger partial charge in [-0.25, -0.2) is 0 Å². The van der Waals surface area contributed by atoms with Gasteiger partial charge < -0.3 is 15.0 Å². The van der Waals surface area contributed by atoms with E-state index in [1.54, 1.807) is 48.1 Å². The zero-order chi connectivity index (χ0) is 21.9. The van der Waals surface area contributed by atoms with Gasteiger partial charge in [-0.2, -0.15) is 5.26 Å². The zero-order valence-corrected chi connectivity index (χ0v) is 17.7. The Bertz CT molecular complexity index is 880. The molecule has 0 heterocycles. The molecule has 158 valence electrons. The lowest BCUT2D eigenvalue weighted by Crippen LogP contribution is -2.49. The van der Waals surface area contributed by atoms with Gasteiger partial charge in [0.25, 0.3) is 0 Å². The highest BCUT2D eigenvalue weighted by atomic mass is 16.5. The number of nitrogens with zero attached hydrogens (tertiary/aromatic N) is 3. The molecule has 0 fully saturated rings. The summed E-state index contributed by atoms with van der Waals surface area (Å²) in [6.45, 7) is 4.59. The molecule has 0 bridgehead atoms. The van der Waals surface area contributed by atoms with Gasteiger partial charge in [0.2, 0.25) is 11.8 Å². The van der Waals surface area contributed by atoms with Crippen molar-refractivity contribution in [3.8, 4) is 11.8 Å². The number of methoxy groups -OCH3 is 1. The van der Waals surface area contributed by atoms with Crippen LogP contribution in [0.3, 0.4) is 0 Å². The minimum absolute atomic E-state index is 0.0709. The highest BCUT2D eigenvalue weighted by Gasteiger charge is 2.27. The maximum atomic E-state index is 13.2. The number of ether oxygens (including phenoxy) is 1. The van der Waals surface area contributed by atoms with Crippen molar-refractivity contribution >= 4 is 23.2 Å². The molecule has 2 aromatic carbocycles. The molecule has 7 heteroatoms. The second kappa shape index (κ2) is 11.6. The van der Waals surface area contributed by atoms with E-state index < -0.39 is 6.04 Å². The maximum absolute atomic E-state index is 13.2. The molecule has 2 amide bonds. The Labute approximate surface area is 177 Å². The van der Waals surface area contributed by atoms with Crippen molar-refractivity contribution in [2.75, 3.05) is 37.0 Å². The average molecular weight is 409 g/mol. The van der Waals surface area contributed by atoms with Crippen LogP contribution >= 0.6 is 0 Å². The topological polar surface area (TPSA) is 85.7 Å². The molecule has 0 saturated carbocycles. The van der Waals surface area contributed by atoms with Gasteiger partial charge in [-0.15, -0.1) is 0 Å². The molecule has 1 atom stereocenters. The van der Waals surface area contributed by atoms with Crippen LogP contribution in [-0.2, 0) is 9.59 Å².